The summed E-state index contributed by atoms with van der Waals surface area (Å²) in [6.45, 7) is 6.73. The number of nitrogens with one attached hydrogen (secondary N) is 2. The average Bonchev–Trinajstić information content (AvgIpc) is 3.92. The number of amides is 1. The maximum atomic E-state index is 13.8. The van der Waals surface area contributed by atoms with E-state index >= 15 is 0 Å². The standard InChI is InChI=1S/C35H41N7O10/c1-6-9-26-37-30(35(3,4)46)27(42(26)16-20-12-14-21(15-13-20)22-10-7-8-11-23(22)31-38-40-41-39-31)32(43)49-19(2)50-34(45)52-25-18-48-28-24(17-47-29(25)28)51-33(44)36-5/h7-8,10-15,19,24-25,28-29,46H,6,9,16-18H2,1-5H3,(H,36,44)(H,38,39,40,41)/t19?,24-,25+,28-,29-/m1/s1. The summed E-state index contributed by atoms with van der Waals surface area (Å²) in [5.41, 5.74) is 2.16. The molecule has 1 unspecified atom stereocenters. The number of alkyl carbamates (subject to hydrolysis) is 1. The van der Waals surface area contributed by atoms with Gasteiger partial charge in [-0.2, -0.15) is 5.21 Å². The van der Waals surface area contributed by atoms with Crippen LogP contribution >= 0.6 is 0 Å². The van der Waals surface area contributed by atoms with Gasteiger partial charge in [0.05, 0.1) is 13.2 Å². The number of H-pyrrole nitrogens is 1. The number of imidazole rings is 1. The molecule has 6 rings (SSSR count). The minimum Gasteiger partial charge on any atom is -0.441 e. The third-order valence-electron chi connectivity index (χ3n) is 8.62. The van der Waals surface area contributed by atoms with Crippen LogP contribution in [0, 0.1) is 0 Å². The van der Waals surface area contributed by atoms with Gasteiger partial charge in [0.1, 0.15) is 29.3 Å². The van der Waals surface area contributed by atoms with Gasteiger partial charge in [-0.1, -0.05) is 55.5 Å². The number of rotatable bonds is 12. The number of carbonyl (C=O) groups excluding carboxylic acids is 3. The SMILES string of the molecule is CCCc1nc(C(C)(C)O)c(C(=O)OC(C)OC(=O)O[C@H]2CO[C@H]3[C@@H]2OC[C@H]3OC(=O)NC)n1Cc1ccc(-c2ccccc2-c2nn[nH]n2)cc1. The zero-order valence-electron chi connectivity index (χ0n) is 29.4. The number of fused-ring (bicyclic) bond motifs is 1. The molecule has 52 heavy (non-hydrogen) atoms. The number of tetrazole rings is 1. The lowest BCUT2D eigenvalue weighted by Gasteiger charge is -2.21. The normalized spacial score (nSPS) is 20.2. The highest BCUT2D eigenvalue weighted by Crippen LogP contribution is 2.33. The first kappa shape index (κ1) is 36.4. The molecule has 17 heteroatoms. The highest BCUT2D eigenvalue weighted by molar-refractivity contribution is 5.89. The van der Waals surface area contributed by atoms with Crippen molar-refractivity contribution < 1.29 is 47.9 Å². The molecule has 17 nitrogen and oxygen atoms in total. The number of aliphatic hydroxyl groups is 1. The van der Waals surface area contributed by atoms with E-state index in [1.54, 1.807) is 4.57 Å². The number of benzene rings is 2. The summed E-state index contributed by atoms with van der Waals surface area (Å²) in [6, 6.07) is 15.5. The van der Waals surface area contributed by atoms with E-state index in [1.165, 1.54) is 27.8 Å². The van der Waals surface area contributed by atoms with Crippen molar-refractivity contribution in [3.8, 4) is 22.5 Å². The van der Waals surface area contributed by atoms with Crippen molar-refractivity contribution in [3.63, 3.8) is 0 Å². The van der Waals surface area contributed by atoms with Crippen molar-refractivity contribution in [1.82, 2.24) is 35.5 Å². The maximum Gasteiger partial charge on any atom is 0.511 e. The summed E-state index contributed by atoms with van der Waals surface area (Å²) in [6.07, 6.45) is -4.67. The van der Waals surface area contributed by atoms with E-state index in [0.717, 1.165) is 28.7 Å². The van der Waals surface area contributed by atoms with Gasteiger partial charge < -0.3 is 43.4 Å². The molecule has 3 N–H and O–H groups in total. The third kappa shape index (κ3) is 7.90. The average molecular weight is 720 g/mol. The number of ether oxygens (including phenoxy) is 6. The van der Waals surface area contributed by atoms with Gasteiger partial charge in [0.25, 0.3) is 0 Å². The van der Waals surface area contributed by atoms with Gasteiger partial charge in [-0.15, -0.1) is 10.2 Å². The number of carbonyl (C=O) groups is 3. The number of aromatic amines is 1. The zero-order chi connectivity index (χ0) is 37.0. The van der Waals surface area contributed by atoms with E-state index in [4.69, 9.17) is 28.4 Å². The number of aromatic nitrogens is 6. The van der Waals surface area contributed by atoms with Crippen LogP contribution in [-0.2, 0) is 47.0 Å². The van der Waals surface area contributed by atoms with Crippen molar-refractivity contribution in [1.29, 1.82) is 0 Å². The Kier molecular flexibility index (Phi) is 10.8. The summed E-state index contributed by atoms with van der Waals surface area (Å²) in [7, 11) is 1.44. The van der Waals surface area contributed by atoms with Crippen molar-refractivity contribution in [2.45, 2.75) is 83.4 Å². The molecule has 1 amide bonds. The molecule has 2 saturated heterocycles. The molecule has 276 valence electrons. The van der Waals surface area contributed by atoms with Crippen molar-refractivity contribution in [3.05, 3.63) is 71.3 Å². The molecule has 2 aromatic heterocycles. The fourth-order valence-electron chi connectivity index (χ4n) is 6.24. The first-order valence-electron chi connectivity index (χ1n) is 16.9. The molecule has 2 fully saturated rings. The monoisotopic (exact) mass is 719 g/mol. The molecule has 4 aromatic rings. The van der Waals surface area contributed by atoms with E-state index in [0.29, 0.717) is 18.1 Å². The minimum absolute atomic E-state index is 0.00711. The van der Waals surface area contributed by atoms with Crippen LogP contribution in [0.15, 0.2) is 48.5 Å². The topological polar surface area (TPSA) is 211 Å². The lowest BCUT2D eigenvalue weighted by molar-refractivity contribution is -0.0993. The summed E-state index contributed by atoms with van der Waals surface area (Å²) in [5.74, 6) is 0.204. The predicted molar refractivity (Wildman–Crippen MR) is 181 cm³/mol. The first-order chi connectivity index (χ1) is 25.0. The lowest BCUT2D eigenvalue weighted by atomic mass is 9.98. The van der Waals surface area contributed by atoms with Gasteiger partial charge in [0, 0.05) is 32.5 Å². The van der Waals surface area contributed by atoms with Gasteiger partial charge in [0.2, 0.25) is 12.1 Å². The molecular weight excluding hydrogens is 678 g/mol. The Hall–Kier alpha value is -5.39. The van der Waals surface area contributed by atoms with Crippen molar-refractivity contribution in [2.75, 3.05) is 20.3 Å². The first-order valence-corrected chi connectivity index (χ1v) is 16.9. The minimum atomic E-state index is -1.51. The fourth-order valence-corrected chi connectivity index (χ4v) is 6.24. The Labute approximate surface area is 298 Å². The van der Waals surface area contributed by atoms with E-state index < -0.39 is 54.5 Å². The summed E-state index contributed by atoms with van der Waals surface area (Å²) < 4.78 is 34.6. The highest BCUT2D eigenvalue weighted by atomic mass is 16.8. The van der Waals surface area contributed by atoms with Gasteiger partial charge in [-0.25, -0.2) is 19.4 Å². The quantitative estimate of drug-likeness (QED) is 0.109. The molecule has 0 spiro atoms. The van der Waals surface area contributed by atoms with Gasteiger partial charge in [-0.05, 0) is 42.2 Å². The second-order valence-electron chi connectivity index (χ2n) is 12.9. The van der Waals surface area contributed by atoms with Crippen molar-refractivity contribution in [2.24, 2.45) is 0 Å². The fraction of sp³-hybridized carbons (Fsp3) is 0.457. The second kappa shape index (κ2) is 15.5. The molecular formula is C35H41N7O10. The molecule has 4 heterocycles. The number of nitrogens with zero attached hydrogens (tertiary/aromatic N) is 5. The lowest BCUT2D eigenvalue weighted by Crippen LogP contribution is -2.37. The summed E-state index contributed by atoms with van der Waals surface area (Å²) in [5, 5.41) is 27.9. The Morgan fingerprint density at radius 3 is 2.31 bits per heavy atom. The molecule has 0 saturated carbocycles. The molecule has 0 bridgehead atoms. The van der Waals surface area contributed by atoms with Crippen LogP contribution in [-0.4, -0.2) is 104 Å². The van der Waals surface area contributed by atoms with Crippen LogP contribution in [0.1, 0.15) is 61.7 Å². The van der Waals surface area contributed by atoms with Gasteiger partial charge in [0.15, 0.2) is 17.9 Å². The number of hydrogen-bond donors (Lipinski definition) is 3. The van der Waals surface area contributed by atoms with Crippen molar-refractivity contribution >= 4 is 18.2 Å². The highest BCUT2D eigenvalue weighted by Gasteiger charge is 2.51. The van der Waals surface area contributed by atoms with Crippen LogP contribution in [0.4, 0.5) is 9.59 Å². The van der Waals surface area contributed by atoms with E-state index in [2.05, 4.69) is 30.9 Å². The van der Waals surface area contributed by atoms with Crippen LogP contribution < -0.4 is 5.32 Å². The zero-order valence-corrected chi connectivity index (χ0v) is 29.4. The van der Waals surface area contributed by atoms with Gasteiger partial charge >= 0.3 is 18.2 Å². The molecule has 5 atom stereocenters. The third-order valence-corrected chi connectivity index (χ3v) is 8.62. The number of aryl methyl sites for hydroxylation is 1. The smallest absolute Gasteiger partial charge is 0.441 e. The summed E-state index contributed by atoms with van der Waals surface area (Å²) >= 11 is 0. The molecule has 2 aliphatic heterocycles. The Morgan fingerprint density at radius 1 is 1.02 bits per heavy atom. The molecule has 2 aliphatic rings. The van der Waals surface area contributed by atoms with Crippen LogP contribution in [0.3, 0.4) is 0 Å². The maximum absolute atomic E-state index is 13.8. The molecule has 2 aromatic carbocycles. The van der Waals surface area contributed by atoms with Gasteiger partial charge in [-0.3, -0.25) is 0 Å². The van der Waals surface area contributed by atoms with Crippen LogP contribution in [0.25, 0.3) is 22.5 Å². The predicted octanol–water partition coefficient (Wildman–Crippen LogP) is 3.51. The second-order valence-corrected chi connectivity index (χ2v) is 12.9. The van der Waals surface area contributed by atoms with E-state index in [9.17, 15) is 19.5 Å². The van der Waals surface area contributed by atoms with E-state index in [-0.39, 0.29) is 31.1 Å². The number of hydrogen-bond acceptors (Lipinski definition) is 14. The Morgan fingerprint density at radius 2 is 1.69 bits per heavy atom. The van der Waals surface area contributed by atoms with E-state index in [1.807, 2.05) is 55.5 Å². The Bertz CT molecular complexity index is 1870. The molecule has 0 aliphatic carbocycles. The van der Waals surface area contributed by atoms with Crippen LogP contribution in [0.2, 0.25) is 0 Å². The van der Waals surface area contributed by atoms with Crippen LogP contribution in [0.5, 0.6) is 0 Å². The summed E-state index contributed by atoms with van der Waals surface area (Å²) in [4.78, 5) is 42.9. The largest absolute Gasteiger partial charge is 0.511 e. The Balaban J connectivity index is 1.16. The molecule has 0 radical (unpaired) electrons. The number of esters is 1.